The molecule has 2 aromatic carbocycles. The average Bonchev–Trinajstić information content (AvgIpc) is 2.98. The summed E-state index contributed by atoms with van der Waals surface area (Å²) in [6.07, 6.45) is 0. The van der Waals surface area contributed by atoms with Crippen LogP contribution in [-0.2, 0) is 6.54 Å². The summed E-state index contributed by atoms with van der Waals surface area (Å²) in [6, 6.07) is 13.8. The summed E-state index contributed by atoms with van der Waals surface area (Å²) in [5.74, 6) is -1.71. The van der Waals surface area contributed by atoms with Crippen molar-refractivity contribution < 1.29 is 8.78 Å². The predicted molar refractivity (Wildman–Crippen MR) is 81.2 cm³/mol. The first kappa shape index (κ1) is 13.7. The summed E-state index contributed by atoms with van der Waals surface area (Å²) in [5.41, 5.74) is 2.36. The van der Waals surface area contributed by atoms with Gasteiger partial charge in [0.15, 0.2) is 16.8 Å². The van der Waals surface area contributed by atoms with Crippen molar-refractivity contribution in [2.75, 3.05) is 5.32 Å². The predicted octanol–water partition coefficient (Wildman–Crippen LogP) is 4.70. The van der Waals surface area contributed by atoms with Gasteiger partial charge in [-0.2, -0.15) is 0 Å². The van der Waals surface area contributed by atoms with E-state index in [0.29, 0.717) is 17.8 Å². The van der Waals surface area contributed by atoms with Crippen LogP contribution in [0.25, 0.3) is 11.3 Å². The van der Waals surface area contributed by atoms with E-state index in [-0.39, 0.29) is 0 Å². The van der Waals surface area contributed by atoms with Crippen molar-refractivity contribution in [1.82, 2.24) is 4.98 Å². The summed E-state index contributed by atoms with van der Waals surface area (Å²) >= 11 is 1.44. The molecule has 21 heavy (non-hydrogen) atoms. The Morgan fingerprint density at radius 1 is 1.00 bits per heavy atom. The average molecular weight is 302 g/mol. The molecule has 0 aliphatic carbocycles. The first-order chi connectivity index (χ1) is 10.2. The van der Waals surface area contributed by atoms with E-state index >= 15 is 0 Å². The number of rotatable bonds is 4. The van der Waals surface area contributed by atoms with E-state index in [2.05, 4.69) is 10.3 Å². The van der Waals surface area contributed by atoms with Gasteiger partial charge in [0.1, 0.15) is 0 Å². The smallest absolute Gasteiger partial charge is 0.183 e. The molecular formula is C16H12F2N2S. The molecule has 0 bridgehead atoms. The number of thiazole rings is 1. The summed E-state index contributed by atoms with van der Waals surface area (Å²) < 4.78 is 26.1. The standard InChI is InChI=1S/C16H12F2N2S/c17-13-7-6-12(8-14(13)18)15-10-21-16(20-15)19-9-11-4-2-1-3-5-11/h1-8,10H,9H2,(H,19,20). The summed E-state index contributed by atoms with van der Waals surface area (Å²) in [4.78, 5) is 4.38. The lowest BCUT2D eigenvalue weighted by atomic mass is 10.2. The van der Waals surface area contributed by atoms with Gasteiger partial charge < -0.3 is 5.32 Å². The van der Waals surface area contributed by atoms with Crippen molar-refractivity contribution in [2.45, 2.75) is 6.54 Å². The van der Waals surface area contributed by atoms with Gasteiger partial charge in [-0.3, -0.25) is 0 Å². The second-order valence-electron chi connectivity index (χ2n) is 4.51. The third-order valence-electron chi connectivity index (χ3n) is 3.01. The lowest BCUT2D eigenvalue weighted by Crippen LogP contribution is -1.98. The van der Waals surface area contributed by atoms with E-state index in [9.17, 15) is 8.78 Å². The Kier molecular flexibility index (Phi) is 3.92. The van der Waals surface area contributed by atoms with Gasteiger partial charge in [0, 0.05) is 17.5 Å². The molecule has 5 heteroatoms. The Labute approximate surface area is 125 Å². The molecule has 0 aliphatic rings. The largest absolute Gasteiger partial charge is 0.357 e. The maximum absolute atomic E-state index is 13.2. The highest BCUT2D eigenvalue weighted by molar-refractivity contribution is 7.14. The normalized spacial score (nSPS) is 10.6. The van der Waals surface area contributed by atoms with Crippen LogP contribution in [0.3, 0.4) is 0 Å². The Morgan fingerprint density at radius 2 is 1.81 bits per heavy atom. The fraction of sp³-hybridized carbons (Fsp3) is 0.0625. The second-order valence-corrected chi connectivity index (χ2v) is 5.36. The highest BCUT2D eigenvalue weighted by Gasteiger charge is 2.08. The third kappa shape index (κ3) is 3.25. The van der Waals surface area contributed by atoms with Crippen molar-refractivity contribution in [2.24, 2.45) is 0 Å². The van der Waals surface area contributed by atoms with Crippen LogP contribution in [-0.4, -0.2) is 4.98 Å². The number of nitrogens with one attached hydrogen (secondary N) is 1. The molecule has 0 amide bonds. The molecule has 0 unspecified atom stereocenters. The monoisotopic (exact) mass is 302 g/mol. The number of aromatic nitrogens is 1. The van der Waals surface area contributed by atoms with Gasteiger partial charge in [-0.05, 0) is 23.8 Å². The Balaban J connectivity index is 1.72. The lowest BCUT2D eigenvalue weighted by molar-refractivity contribution is 0.509. The van der Waals surface area contributed by atoms with Gasteiger partial charge >= 0.3 is 0 Å². The van der Waals surface area contributed by atoms with E-state index in [1.807, 2.05) is 35.7 Å². The number of benzene rings is 2. The minimum atomic E-state index is -0.862. The minimum Gasteiger partial charge on any atom is -0.357 e. The molecule has 1 heterocycles. The zero-order valence-corrected chi connectivity index (χ0v) is 11.8. The van der Waals surface area contributed by atoms with Crippen LogP contribution in [0, 0.1) is 11.6 Å². The zero-order valence-electron chi connectivity index (χ0n) is 11.0. The quantitative estimate of drug-likeness (QED) is 0.755. The molecule has 1 aromatic heterocycles. The molecule has 0 aliphatic heterocycles. The fourth-order valence-corrected chi connectivity index (χ4v) is 2.64. The van der Waals surface area contributed by atoms with Gasteiger partial charge in [0.25, 0.3) is 0 Å². The molecule has 1 N–H and O–H groups in total. The van der Waals surface area contributed by atoms with Crippen LogP contribution in [0.1, 0.15) is 5.56 Å². The minimum absolute atomic E-state index is 0.568. The molecule has 3 aromatic rings. The Bertz CT molecular complexity index is 741. The highest BCUT2D eigenvalue weighted by Crippen LogP contribution is 2.26. The van der Waals surface area contributed by atoms with Crippen molar-refractivity contribution in [1.29, 1.82) is 0 Å². The molecule has 106 valence electrons. The molecule has 2 nitrogen and oxygen atoms in total. The molecule has 0 atom stereocenters. The third-order valence-corrected chi connectivity index (χ3v) is 3.81. The zero-order chi connectivity index (χ0) is 14.7. The Morgan fingerprint density at radius 3 is 2.57 bits per heavy atom. The van der Waals surface area contributed by atoms with Gasteiger partial charge in [-0.15, -0.1) is 11.3 Å². The summed E-state index contributed by atoms with van der Waals surface area (Å²) in [5, 5.41) is 5.78. The number of hydrogen-bond acceptors (Lipinski definition) is 3. The van der Waals surface area contributed by atoms with Gasteiger partial charge in [-0.25, -0.2) is 13.8 Å². The first-order valence-corrected chi connectivity index (χ1v) is 7.29. The number of nitrogens with zero attached hydrogens (tertiary/aromatic N) is 1. The van der Waals surface area contributed by atoms with Crippen LogP contribution < -0.4 is 5.32 Å². The van der Waals surface area contributed by atoms with Crippen molar-refractivity contribution >= 4 is 16.5 Å². The molecule has 3 rings (SSSR count). The Hall–Kier alpha value is -2.27. The van der Waals surface area contributed by atoms with Gasteiger partial charge in [-0.1, -0.05) is 30.3 Å². The molecule has 0 radical (unpaired) electrons. The van der Waals surface area contributed by atoms with E-state index in [1.54, 1.807) is 0 Å². The van der Waals surface area contributed by atoms with Crippen molar-refractivity contribution in [3.05, 3.63) is 71.1 Å². The van der Waals surface area contributed by atoms with E-state index < -0.39 is 11.6 Å². The van der Waals surface area contributed by atoms with Crippen molar-refractivity contribution in [3.63, 3.8) is 0 Å². The fourth-order valence-electron chi connectivity index (χ4n) is 1.92. The molecule has 0 saturated carbocycles. The van der Waals surface area contributed by atoms with Crippen LogP contribution >= 0.6 is 11.3 Å². The second kappa shape index (κ2) is 6.01. The van der Waals surface area contributed by atoms with E-state index in [0.717, 1.165) is 22.8 Å². The molecular weight excluding hydrogens is 290 g/mol. The van der Waals surface area contributed by atoms with Gasteiger partial charge in [0.05, 0.1) is 5.69 Å². The van der Waals surface area contributed by atoms with Crippen molar-refractivity contribution in [3.8, 4) is 11.3 Å². The van der Waals surface area contributed by atoms with Crippen LogP contribution in [0.2, 0.25) is 0 Å². The van der Waals surface area contributed by atoms with Crippen LogP contribution in [0.5, 0.6) is 0 Å². The first-order valence-electron chi connectivity index (χ1n) is 6.41. The number of anilines is 1. The van der Waals surface area contributed by atoms with E-state index in [4.69, 9.17) is 0 Å². The summed E-state index contributed by atoms with van der Waals surface area (Å²) in [7, 11) is 0. The van der Waals surface area contributed by atoms with Crippen LogP contribution in [0.15, 0.2) is 53.9 Å². The number of hydrogen-bond donors (Lipinski definition) is 1. The van der Waals surface area contributed by atoms with Crippen LogP contribution in [0.4, 0.5) is 13.9 Å². The van der Waals surface area contributed by atoms with Gasteiger partial charge in [0.2, 0.25) is 0 Å². The number of halogens is 2. The summed E-state index contributed by atoms with van der Waals surface area (Å²) in [6.45, 7) is 0.672. The molecule has 0 spiro atoms. The molecule has 0 fully saturated rings. The maximum Gasteiger partial charge on any atom is 0.183 e. The van der Waals surface area contributed by atoms with E-state index in [1.165, 1.54) is 17.4 Å². The SMILES string of the molecule is Fc1ccc(-c2csc(NCc3ccccc3)n2)cc1F. The topological polar surface area (TPSA) is 24.9 Å². The lowest BCUT2D eigenvalue weighted by Gasteiger charge is -2.02. The maximum atomic E-state index is 13.2. The highest BCUT2D eigenvalue weighted by atomic mass is 32.1. The molecule has 0 saturated heterocycles.